The van der Waals surface area contributed by atoms with E-state index in [1.54, 1.807) is 36.4 Å². The monoisotopic (exact) mass is 295 g/mol. The maximum absolute atomic E-state index is 11.8. The summed E-state index contributed by atoms with van der Waals surface area (Å²) in [5.74, 6) is -0.429. The van der Waals surface area contributed by atoms with Gasteiger partial charge in [-0.2, -0.15) is 5.26 Å². The van der Waals surface area contributed by atoms with Crippen LogP contribution in [0.15, 0.2) is 48.5 Å². The molecule has 0 aliphatic heterocycles. The normalized spacial score (nSPS) is 9.59. The molecule has 22 heavy (non-hydrogen) atoms. The number of rotatable bonds is 5. The van der Waals surface area contributed by atoms with Gasteiger partial charge < -0.3 is 15.8 Å². The van der Waals surface area contributed by atoms with Crippen molar-refractivity contribution in [2.45, 2.75) is 0 Å². The van der Waals surface area contributed by atoms with Crippen molar-refractivity contribution >= 4 is 17.5 Å². The van der Waals surface area contributed by atoms with E-state index in [9.17, 15) is 9.59 Å². The third kappa shape index (κ3) is 4.08. The lowest BCUT2D eigenvalue weighted by Crippen LogP contribution is -2.20. The SMILES string of the molecule is N#Cc1cccc(NC(=O)COc2ccc(C(N)=O)cc2)c1. The van der Waals surface area contributed by atoms with Crippen molar-refractivity contribution in [3.05, 3.63) is 59.7 Å². The molecule has 6 heteroatoms. The predicted molar refractivity (Wildman–Crippen MR) is 80.2 cm³/mol. The summed E-state index contributed by atoms with van der Waals surface area (Å²) < 4.78 is 5.30. The maximum atomic E-state index is 11.8. The van der Waals surface area contributed by atoms with Crippen LogP contribution in [0.2, 0.25) is 0 Å². The second-order valence-corrected chi connectivity index (χ2v) is 4.42. The van der Waals surface area contributed by atoms with E-state index in [1.807, 2.05) is 6.07 Å². The summed E-state index contributed by atoms with van der Waals surface area (Å²) in [7, 11) is 0. The van der Waals surface area contributed by atoms with Crippen LogP contribution < -0.4 is 15.8 Å². The molecule has 0 saturated carbocycles. The Balaban J connectivity index is 1.89. The number of anilines is 1. The zero-order chi connectivity index (χ0) is 15.9. The van der Waals surface area contributed by atoms with E-state index in [0.717, 1.165) is 0 Å². The van der Waals surface area contributed by atoms with Gasteiger partial charge in [0.15, 0.2) is 6.61 Å². The molecule has 2 aromatic rings. The zero-order valence-electron chi connectivity index (χ0n) is 11.6. The van der Waals surface area contributed by atoms with Gasteiger partial charge in [-0.1, -0.05) is 6.07 Å². The number of nitrogens with one attached hydrogen (secondary N) is 1. The smallest absolute Gasteiger partial charge is 0.262 e. The van der Waals surface area contributed by atoms with E-state index in [2.05, 4.69) is 5.32 Å². The maximum Gasteiger partial charge on any atom is 0.262 e. The van der Waals surface area contributed by atoms with Crippen molar-refractivity contribution in [1.82, 2.24) is 0 Å². The third-order valence-electron chi connectivity index (χ3n) is 2.78. The van der Waals surface area contributed by atoms with Crippen LogP contribution in [-0.2, 0) is 4.79 Å². The van der Waals surface area contributed by atoms with Gasteiger partial charge in [-0.25, -0.2) is 0 Å². The first kappa shape index (κ1) is 15.1. The summed E-state index contributed by atoms with van der Waals surface area (Å²) >= 11 is 0. The van der Waals surface area contributed by atoms with Gasteiger partial charge in [0.1, 0.15) is 5.75 Å². The number of ether oxygens (including phenoxy) is 1. The van der Waals surface area contributed by atoms with Crippen molar-refractivity contribution in [3.8, 4) is 11.8 Å². The second-order valence-electron chi connectivity index (χ2n) is 4.42. The summed E-state index contributed by atoms with van der Waals surface area (Å²) in [6.45, 7) is -0.188. The summed E-state index contributed by atoms with van der Waals surface area (Å²) in [6.07, 6.45) is 0. The second kappa shape index (κ2) is 6.90. The van der Waals surface area contributed by atoms with Crippen molar-refractivity contribution in [3.63, 3.8) is 0 Å². The fourth-order valence-electron chi connectivity index (χ4n) is 1.73. The molecule has 2 aromatic carbocycles. The van der Waals surface area contributed by atoms with Gasteiger partial charge >= 0.3 is 0 Å². The lowest BCUT2D eigenvalue weighted by atomic mass is 10.2. The lowest BCUT2D eigenvalue weighted by molar-refractivity contribution is -0.118. The molecule has 0 bridgehead atoms. The van der Waals surface area contributed by atoms with Gasteiger partial charge in [-0.15, -0.1) is 0 Å². The highest BCUT2D eigenvalue weighted by atomic mass is 16.5. The zero-order valence-corrected chi connectivity index (χ0v) is 11.6. The molecular formula is C16H13N3O3. The van der Waals surface area contributed by atoms with Crippen LogP contribution in [0.5, 0.6) is 5.75 Å². The molecule has 0 aliphatic rings. The van der Waals surface area contributed by atoms with Crippen LogP contribution in [0, 0.1) is 11.3 Å². The molecule has 2 amide bonds. The fraction of sp³-hybridized carbons (Fsp3) is 0.0625. The largest absolute Gasteiger partial charge is 0.484 e. The van der Waals surface area contributed by atoms with Crippen LogP contribution in [0.1, 0.15) is 15.9 Å². The number of nitrogens with zero attached hydrogens (tertiary/aromatic N) is 1. The number of primary amides is 1. The molecule has 0 saturated heterocycles. The predicted octanol–water partition coefficient (Wildman–Crippen LogP) is 1.67. The van der Waals surface area contributed by atoms with E-state index in [4.69, 9.17) is 15.7 Å². The first-order valence-corrected chi connectivity index (χ1v) is 6.41. The van der Waals surface area contributed by atoms with Crippen molar-refractivity contribution in [1.29, 1.82) is 5.26 Å². The number of benzene rings is 2. The Kier molecular flexibility index (Phi) is 4.73. The molecule has 0 aromatic heterocycles. The summed E-state index contributed by atoms with van der Waals surface area (Å²) in [6, 6.07) is 14.7. The van der Waals surface area contributed by atoms with Crippen LogP contribution >= 0.6 is 0 Å². The minimum absolute atomic E-state index is 0.188. The highest BCUT2D eigenvalue weighted by molar-refractivity contribution is 5.93. The summed E-state index contributed by atoms with van der Waals surface area (Å²) in [4.78, 5) is 22.7. The molecule has 0 spiro atoms. The Bertz CT molecular complexity index is 733. The molecule has 3 N–H and O–H groups in total. The fourth-order valence-corrected chi connectivity index (χ4v) is 1.73. The number of amides is 2. The van der Waals surface area contributed by atoms with Crippen molar-refractivity contribution in [2.75, 3.05) is 11.9 Å². The molecule has 110 valence electrons. The molecule has 0 unspecified atom stereocenters. The van der Waals surface area contributed by atoms with E-state index in [0.29, 0.717) is 22.6 Å². The van der Waals surface area contributed by atoms with E-state index < -0.39 is 5.91 Å². The minimum atomic E-state index is -0.526. The average molecular weight is 295 g/mol. The molecule has 2 rings (SSSR count). The first-order chi connectivity index (χ1) is 10.6. The number of hydrogen-bond donors (Lipinski definition) is 2. The number of nitriles is 1. The standard InChI is InChI=1S/C16H13N3O3/c17-9-11-2-1-3-13(8-11)19-15(20)10-22-14-6-4-12(5-7-14)16(18)21/h1-8H,10H2,(H2,18,21)(H,19,20). The Morgan fingerprint density at radius 3 is 2.55 bits per heavy atom. The van der Waals surface area contributed by atoms with Crippen molar-refractivity contribution in [2.24, 2.45) is 5.73 Å². The summed E-state index contributed by atoms with van der Waals surface area (Å²) in [5, 5.41) is 11.4. The van der Waals surface area contributed by atoms with Gasteiger partial charge in [0.25, 0.3) is 5.91 Å². The van der Waals surface area contributed by atoms with Gasteiger partial charge in [-0.3, -0.25) is 9.59 Å². The van der Waals surface area contributed by atoms with Gasteiger partial charge in [0, 0.05) is 11.3 Å². The molecule has 0 fully saturated rings. The minimum Gasteiger partial charge on any atom is -0.484 e. The van der Waals surface area contributed by atoms with Gasteiger partial charge in [-0.05, 0) is 42.5 Å². The van der Waals surface area contributed by atoms with Crippen LogP contribution in [0.4, 0.5) is 5.69 Å². The third-order valence-corrected chi connectivity index (χ3v) is 2.78. The highest BCUT2D eigenvalue weighted by Crippen LogP contribution is 2.13. The van der Waals surface area contributed by atoms with Gasteiger partial charge in [0.05, 0.1) is 11.6 Å². The quantitative estimate of drug-likeness (QED) is 0.875. The Morgan fingerprint density at radius 1 is 1.18 bits per heavy atom. The first-order valence-electron chi connectivity index (χ1n) is 6.41. The van der Waals surface area contributed by atoms with E-state index in [1.165, 1.54) is 12.1 Å². The van der Waals surface area contributed by atoms with Crippen LogP contribution in [-0.4, -0.2) is 18.4 Å². The highest BCUT2D eigenvalue weighted by Gasteiger charge is 2.05. The Hall–Kier alpha value is -3.33. The number of carbonyl (C=O) groups excluding carboxylic acids is 2. The number of hydrogen-bond acceptors (Lipinski definition) is 4. The Morgan fingerprint density at radius 2 is 1.91 bits per heavy atom. The molecule has 0 radical (unpaired) electrons. The molecule has 0 atom stereocenters. The van der Waals surface area contributed by atoms with E-state index >= 15 is 0 Å². The molecular weight excluding hydrogens is 282 g/mol. The van der Waals surface area contributed by atoms with Crippen LogP contribution in [0.25, 0.3) is 0 Å². The number of nitrogens with two attached hydrogens (primary N) is 1. The topological polar surface area (TPSA) is 105 Å². The molecule has 0 heterocycles. The number of carbonyl (C=O) groups is 2. The molecule has 6 nitrogen and oxygen atoms in total. The Labute approximate surface area is 127 Å². The van der Waals surface area contributed by atoms with Gasteiger partial charge in [0.2, 0.25) is 5.91 Å². The lowest BCUT2D eigenvalue weighted by Gasteiger charge is -2.08. The van der Waals surface area contributed by atoms with E-state index in [-0.39, 0.29) is 12.5 Å². The summed E-state index contributed by atoms with van der Waals surface area (Å²) in [5.41, 5.74) is 6.48. The molecule has 0 aliphatic carbocycles. The van der Waals surface area contributed by atoms with Crippen LogP contribution in [0.3, 0.4) is 0 Å². The van der Waals surface area contributed by atoms with Crippen molar-refractivity contribution < 1.29 is 14.3 Å². The average Bonchev–Trinajstić information content (AvgIpc) is 2.53.